The normalized spacial score (nSPS) is 10.6. The number of benzene rings is 3. The first-order valence-electron chi connectivity index (χ1n) is 9.31. The summed E-state index contributed by atoms with van der Waals surface area (Å²) in [6.07, 6.45) is 0. The minimum Gasteiger partial charge on any atom is -0.495 e. The number of hydrogen-bond acceptors (Lipinski definition) is 9. The number of methoxy groups -OCH3 is 2. The van der Waals surface area contributed by atoms with Crippen LogP contribution in [-0.4, -0.2) is 30.0 Å². The highest BCUT2D eigenvalue weighted by molar-refractivity contribution is 6.11. The van der Waals surface area contributed by atoms with E-state index in [2.05, 4.69) is 15.5 Å². The fourth-order valence-corrected chi connectivity index (χ4v) is 2.91. The van der Waals surface area contributed by atoms with Crippen LogP contribution in [0.1, 0.15) is 10.4 Å². The van der Waals surface area contributed by atoms with Gasteiger partial charge in [0.05, 0.1) is 35.8 Å². The number of hydrogen-bond donors (Lipinski definition) is 1. The second-order valence-electron chi connectivity index (χ2n) is 6.40. The lowest BCUT2D eigenvalue weighted by atomic mass is 10.1. The van der Waals surface area contributed by atoms with Gasteiger partial charge in [-0.3, -0.25) is 25.0 Å². The van der Waals surface area contributed by atoms with E-state index in [1.807, 2.05) is 0 Å². The number of para-hydroxylation sites is 3. The van der Waals surface area contributed by atoms with E-state index in [0.717, 1.165) is 6.07 Å². The Balaban J connectivity index is 2.16. The first-order chi connectivity index (χ1) is 15.8. The Hall–Kier alpha value is -4.87. The van der Waals surface area contributed by atoms with Gasteiger partial charge in [0, 0.05) is 6.07 Å². The molecule has 0 aromatic heterocycles. The average molecular weight is 451 g/mol. The van der Waals surface area contributed by atoms with Crippen LogP contribution in [-0.2, 0) is 0 Å². The molecule has 0 atom stereocenters. The van der Waals surface area contributed by atoms with E-state index in [4.69, 9.17) is 9.47 Å². The molecule has 3 rings (SSSR count). The predicted octanol–water partition coefficient (Wildman–Crippen LogP) is 5.19. The number of nitrogens with zero attached hydrogens (tertiary/aromatic N) is 4. The Labute approximate surface area is 186 Å². The summed E-state index contributed by atoms with van der Waals surface area (Å²) in [6.45, 7) is 0. The highest BCUT2D eigenvalue weighted by atomic mass is 16.6. The Bertz CT molecular complexity index is 1260. The topological polar surface area (TPSA) is 159 Å². The molecule has 3 aromatic carbocycles. The molecular weight excluding hydrogens is 434 g/mol. The smallest absolute Gasteiger partial charge is 0.291 e. The fourth-order valence-electron chi connectivity index (χ4n) is 2.91. The van der Waals surface area contributed by atoms with Crippen molar-refractivity contribution in [1.82, 2.24) is 0 Å². The molecule has 0 saturated carbocycles. The summed E-state index contributed by atoms with van der Waals surface area (Å²) in [6, 6.07) is 14.6. The zero-order chi connectivity index (χ0) is 24.0. The molecule has 0 unspecified atom stereocenters. The van der Waals surface area contributed by atoms with E-state index in [0.29, 0.717) is 17.6 Å². The van der Waals surface area contributed by atoms with Crippen LogP contribution in [0.25, 0.3) is 0 Å². The number of carbonyl (C=O) groups is 1. The van der Waals surface area contributed by atoms with Crippen molar-refractivity contribution >= 4 is 34.3 Å². The molecule has 0 saturated heterocycles. The van der Waals surface area contributed by atoms with Gasteiger partial charge in [-0.2, -0.15) is 0 Å². The maximum atomic E-state index is 13.1. The van der Waals surface area contributed by atoms with E-state index >= 15 is 0 Å². The molecule has 0 spiro atoms. The minimum atomic E-state index is -0.921. The van der Waals surface area contributed by atoms with E-state index < -0.39 is 32.7 Å². The van der Waals surface area contributed by atoms with Crippen LogP contribution < -0.4 is 14.8 Å². The van der Waals surface area contributed by atoms with Gasteiger partial charge in [0.1, 0.15) is 28.4 Å². The Morgan fingerprint density at radius 2 is 1.45 bits per heavy atom. The summed E-state index contributed by atoms with van der Waals surface area (Å²) < 4.78 is 10.4. The van der Waals surface area contributed by atoms with Crippen molar-refractivity contribution in [1.29, 1.82) is 0 Å². The van der Waals surface area contributed by atoms with Gasteiger partial charge < -0.3 is 14.8 Å². The van der Waals surface area contributed by atoms with Crippen LogP contribution in [0.5, 0.6) is 11.5 Å². The van der Waals surface area contributed by atoms with Gasteiger partial charge >= 0.3 is 0 Å². The third kappa shape index (κ3) is 5.07. The quantitative estimate of drug-likeness (QED) is 0.280. The number of anilines is 1. The largest absolute Gasteiger partial charge is 0.495 e. The summed E-state index contributed by atoms with van der Waals surface area (Å²) in [5.41, 5.74) is -1.80. The lowest BCUT2D eigenvalue weighted by Gasteiger charge is -2.11. The lowest BCUT2D eigenvalue weighted by molar-refractivity contribution is -0.394. The molecule has 1 amide bonds. The summed E-state index contributed by atoms with van der Waals surface area (Å²) in [4.78, 5) is 34.4. The molecular formula is C21H17N5O7. The number of nitrogens with one attached hydrogen (secondary N) is 1. The summed E-state index contributed by atoms with van der Waals surface area (Å²) in [7, 11) is 2.81. The van der Waals surface area contributed by atoms with Crippen molar-refractivity contribution in [2.45, 2.75) is 0 Å². The highest BCUT2D eigenvalue weighted by Gasteiger charge is 2.29. The first kappa shape index (κ1) is 22.8. The standard InChI is InChI=1S/C21H17N5O7/c1-32-18-9-5-3-7-14(18)22-21(27)20-16(11-13(25(28)29)12-17(20)26(30)31)24-23-15-8-4-6-10-19(15)33-2/h3-12H,1-2H3,(H,22,27). The zero-order valence-corrected chi connectivity index (χ0v) is 17.4. The molecule has 0 bridgehead atoms. The predicted molar refractivity (Wildman–Crippen MR) is 118 cm³/mol. The van der Waals surface area contributed by atoms with E-state index in [-0.39, 0.29) is 17.1 Å². The van der Waals surface area contributed by atoms with Gasteiger partial charge in [-0.25, -0.2) is 0 Å². The van der Waals surface area contributed by atoms with Crippen LogP contribution in [0.2, 0.25) is 0 Å². The molecule has 0 aliphatic carbocycles. The van der Waals surface area contributed by atoms with Crippen molar-refractivity contribution in [2.75, 3.05) is 19.5 Å². The van der Waals surface area contributed by atoms with E-state index in [1.165, 1.54) is 20.3 Å². The van der Waals surface area contributed by atoms with Gasteiger partial charge in [0.2, 0.25) is 0 Å². The van der Waals surface area contributed by atoms with Crippen LogP contribution in [0.4, 0.5) is 28.4 Å². The highest BCUT2D eigenvalue weighted by Crippen LogP contribution is 2.37. The fraction of sp³-hybridized carbons (Fsp3) is 0.0952. The molecule has 3 aromatic rings. The number of rotatable bonds is 8. The maximum Gasteiger partial charge on any atom is 0.291 e. The third-order valence-electron chi connectivity index (χ3n) is 4.42. The van der Waals surface area contributed by atoms with Gasteiger partial charge in [-0.1, -0.05) is 24.3 Å². The average Bonchev–Trinajstić information content (AvgIpc) is 2.82. The van der Waals surface area contributed by atoms with Gasteiger partial charge in [0.15, 0.2) is 0 Å². The van der Waals surface area contributed by atoms with Gasteiger partial charge in [0.25, 0.3) is 17.3 Å². The summed E-state index contributed by atoms with van der Waals surface area (Å²) in [5.74, 6) is -0.260. The van der Waals surface area contributed by atoms with E-state index in [1.54, 1.807) is 42.5 Å². The molecule has 1 N–H and O–H groups in total. The van der Waals surface area contributed by atoms with Gasteiger partial charge in [-0.05, 0) is 24.3 Å². The Morgan fingerprint density at radius 3 is 2.09 bits per heavy atom. The second kappa shape index (κ2) is 9.96. The number of azo groups is 1. The van der Waals surface area contributed by atoms with Crippen LogP contribution >= 0.6 is 0 Å². The first-order valence-corrected chi connectivity index (χ1v) is 9.31. The van der Waals surface area contributed by atoms with Crippen molar-refractivity contribution in [2.24, 2.45) is 10.2 Å². The van der Waals surface area contributed by atoms with Gasteiger partial charge in [-0.15, -0.1) is 10.2 Å². The maximum absolute atomic E-state index is 13.1. The monoisotopic (exact) mass is 451 g/mol. The number of nitro benzene ring substituents is 2. The van der Waals surface area contributed by atoms with E-state index in [9.17, 15) is 25.0 Å². The molecule has 12 nitrogen and oxygen atoms in total. The van der Waals surface area contributed by atoms with Crippen LogP contribution in [0.15, 0.2) is 70.9 Å². The van der Waals surface area contributed by atoms with Crippen molar-refractivity contribution in [3.8, 4) is 11.5 Å². The molecule has 0 fully saturated rings. The van der Waals surface area contributed by atoms with Crippen LogP contribution in [0.3, 0.4) is 0 Å². The van der Waals surface area contributed by atoms with Crippen molar-refractivity contribution < 1.29 is 24.1 Å². The van der Waals surface area contributed by atoms with Crippen molar-refractivity contribution in [3.63, 3.8) is 0 Å². The molecule has 33 heavy (non-hydrogen) atoms. The Morgan fingerprint density at radius 1 is 0.848 bits per heavy atom. The van der Waals surface area contributed by atoms with Crippen molar-refractivity contribution in [3.05, 3.63) is 86.5 Å². The molecule has 168 valence electrons. The molecule has 0 heterocycles. The SMILES string of the molecule is COc1ccccc1N=Nc1cc([N+](=O)[O-])cc([N+](=O)[O-])c1C(=O)Nc1ccccc1OC. The summed E-state index contributed by atoms with van der Waals surface area (Å²) >= 11 is 0. The third-order valence-corrected chi connectivity index (χ3v) is 4.42. The molecule has 0 aliphatic rings. The second-order valence-corrected chi connectivity index (χ2v) is 6.40. The summed E-state index contributed by atoms with van der Waals surface area (Å²) in [5, 5.41) is 33.4. The number of nitro groups is 2. The Kier molecular flexibility index (Phi) is 6.88. The molecule has 0 aliphatic heterocycles. The zero-order valence-electron chi connectivity index (χ0n) is 17.4. The number of carbonyl (C=O) groups excluding carboxylic acids is 1. The molecule has 12 heteroatoms. The van der Waals surface area contributed by atoms with Crippen LogP contribution in [0, 0.1) is 20.2 Å². The molecule has 0 radical (unpaired) electrons. The number of ether oxygens (including phenoxy) is 2. The number of non-ortho nitro benzene ring substituents is 1. The number of amides is 1. The minimum absolute atomic E-state index is 0.241. The lowest BCUT2D eigenvalue weighted by Crippen LogP contribution is -2.15.